The fraction of sp³-hybridized carbons (Fsp3) is 0.500. The lowest BCUT2D eigenvalue weighted by Gasteiger charge is -2.23. The lowest BCUT2D eigenvalue weighted by Crippen LogP contribution is -2.35. The zero-order chi connectivity index (χ0) is 14.7. The van der Waals surface area contributed by atoms with Crippen molar-refractivity contribution in [2.75, 3.05) is 19.7 Å². The Morgan fingerprint density at radius 1 is 1.14 bits per heavy atom. The number of hydrogen-bond acceptors (Lipinski definition) is 2. The fourth-order valence-corrected chi connectivity index (χ4v) is 2.55. The summed E-state index contributed by atoms with van der Waals surface area (Å²) >= 11 is 0. The first-order chi connectivity index (χ1) is 10.3. The van der Waals surface area contributed by atoms with E-state index in [1.807, 2.05) is 29.2 Å². The largest absolute Gasteiger partial charge is 0.384 e. The van der Waals surface area contributed by atoms with Gasteiger partial charge in [0.2, 0.25) is 0 Å². The number of nitrogens with zero attached hydrogens (tertiary/aromatic N) is 1. The van der Waals surface area contributed by atoms with E-state index >= 15 is 0 Å². The molecule has 3 heteroatoms. The number of aliphatic hydroxyl groups is 1. The van der Waals surface area contributed by atoms with Crippen molar-refractivity contribution in [3.05, 3.63) is 35.4 Å². The first-order valence-electron chi connectivity index (χ1n) is 7.76. The van der Waals surface area contributed by atoms with Crippen LogP contribution in [-0.2, 0) is 0 Å². The van der Waals surface area contributed by atoms with Crippen LogP contribution in [0.3, 0.4) is 0 Å². The molecule has 2 fully saturated rings. The van der Waals surface area contributed by atoms with Gasteiger partial charge in [-0.3, -0.25) is 4.79 Å². The summed E-state index contributed by atoms with van der Waals surface area (Å²) < 4.78 is 0. The van der Waals surface area contributed by atoms with Gasteiger partial charge in [-0.2, -0.15) is 0 Å². The molecule has 0 saturated heterocycles. The van der Waals surface area contributed by atoms with E-state index in [-0.39, 0.29) is 12.5 Å². The van der Waals surface area contributed by atoms with Crippen molar-refractivity contribution in [1.29, 1.82) is 0 Å². The van der Waals surface area contributed by atoms with Crippen molar-refractivity contribution < 1.29 is 9.90 Å². The second-order valence-corrected chi connectivity index (χ2v) is 6.10. The Kier molecular flexibility index (Phi) is 4.26. The molecule has 0 radical (unpaired) electrons. The summed E-state index contributed by atoms with van der Waals surface area (Å²) in [5.41, 5.74) is 1.38. The van der Waals surface area contributed by atoms with Crippen LogP contribution in [0.25, 0.3) is 0 Å². The van der Waals surface area contributed by atoms with Crippen LogP contribution in [-0.4, -0.2) is 35.6 Å². The summed E-state index contributed by atoms with van der Waals surface area (Å²) in [4.78, 5) is 14.9. The number of aliphatic hydroxyl groups excluding tert-OH is 1. The van der Waals surface area contributed by atoms with Gasteiger partial charge in [0.15, 0.2) is 0 Å². The van der Waals surface area contributed by atoms with Crippen molar-refractivity contribution in [2.24, 2.45) is 11.8 Å². The van der Waals surface area contributed by atoms with E-state index in [1.54, 1.807) is 0 Å². The maximum atomic E-state index is 12.9. The molecule has 1 aromatic rings. The molecule has 110 valence electrons. The Hall–Kier alpha value is -1.79. The summed E-state index contributed by atoms with van der Waals surface area (Å²) in [5, 5.41) is 8.85. The molecule has 1 aromatic carbocycles. The maximum absolute atomic E-state index is 12.9. The lowest BCUT2D eigenvalue weighted by atomic mass is 10.1. The van der Waals surface area contributed by atoms with E-state index in [4.69, 9.17) is 5.11 Å². The fourth-order valence-electron chi connectivity index (χ4n) is 2.55. The van der Waals surface area contributed by atoms with Crippen LogP contribution < -0.4 is 0 Å². The summed E-state index contributed by atoms with van der Waals surface area (Å²) in [6, 6.07) is 7.45. The van der Waals surface area contributed by atoms with Gasteiger partial charge in [-0.25, -0.2) is 0 Å². The standard InChI is InChI=1S/C18H21NO2/c20-11-3-5-16-4-1-2-6-17(16)18(21)19(12-14-7-8-14)13-15-9-10-15/h1-2,4,6,14-15,20H,7-13H2. The van der Waals surface area contributed by atoms with Gasteiger partial charge in [-0.05, 0) is 49.7 Å². The number of carbonyl (C=O) groups excluding carboxylic acids is 1. The smallest absolute Gasteiger partial charge is 0.255 e. The SMILES string of the molecule is O=C(c1ccccc1C#CCO)N(CC1CC1)CC1CC1. The van der Waals surface area contributed by atoms with Gasteiger partial charge in [0.1, 0.15) is 6.61 Å². The number of carbonyl (C=O) groups is 1. The summed E-state index contributed by atoms with van der Waals surface area (Å²) in [5.74, 6) is 7.02. The van der Waals surface area contributed by atoms with E-state index in [0.29, 0.717) is 23.0 Å². The van der Waals surface area contributed by atoms with Crippen molar-refractivity contribution in [1.82, 2.24) is 4.90 Å². The Bertz CT molecular complexity index is 562. The molecule has 0 bridgehead atoms. The van der Waals surface area contributed by atoms with Gasteiger partial charge >= 0.3 is 0 Å². The first kappa shape index (κ1) is 14.2. The van der Waals surface area contributed by atoms with Crippen LogP contribution in [0.1, 0.15) is 41.6 Å². The third kappa shape index (κ3) is 3.86. The Balaban J connectivity index is 1.80. The number of rotatable bonds is 5. The van der Waals surface area contributed by atoms with Crippen LogP contribution >= 0.6 is 0 Å². The lowest BCUT2D eigenvalue weighted by molar-refractivity contribution is 0.0739. The molecule has 2 saturated carbocycles. The topological polar surface area (TPSA) is 40.5 Å². The summed E-state index contributed by atoms with van der Waals surface area (Å²) in [7, 11) is 0. The average Bonchev–Trinajstić information content (AvgIpc) is 3.39. The highest BCUT2D eigenvalue weighted by atomic mass is 16.2. The Labute approximate surface area is 126 Å². The van der Waals surface area contributed by atoms with E-state index in [0.717, 1.165) is 13.1 Å². The van der Waals surface area contributed by atoms with E-state index in [1.165, 1.54) is 25.7 Å². The minimum Gasteiger partial charge on any atom is -0.384 e. The monoisotopic (exact) mass is 283 g/mol. The van der Waals surface area contributed by atoms with Gasteiger partial charge in [0.25, 0.3) is 5.91 Å². The zero-order valence-electron chi connectivity index (χ0n) is 12.2. The second kappa shape index (κ2) is 6.32. The van der Waals surface area contributed by atoms with Crippen LogP contribution in [0.4, 0.5) is 0 Å². The predicted molar refractivity (Wildman–Crippen MR) is 81.8 cm³/mol. The molecule has 0 spiro atoms. The normalized spacial score (nSPS) is 17.0. The molecule has 2 aliphatic carbocycles. The maximum Gasteiger partial charge on any atom is 0.255 e. The van der Waals surface area contributed by atoms with Gasteiger partial charge in [0.05, 0.1) is 5.56 Å². The van der Waals surface area contributed by atoms with Gasteiger partial charge in [-0.1, -0.05) is 24.0 Å². The van der Waals surface area contributed by atoms with Crippen LogP contribution in [0.5, 0.6) is 0 Å². The molecule has 0 aliphatic heterocycles. The van der Waals surface area contributed by atoms with Crippen LogP contribution in [0, 0.1) is 23.7 Å². The number of benzene rings is 1. The first-order valence-corrected chi connectivity index (χ1v) is 7.76. The van der Waals surface area contributed by atoms with Crippen molar-refractivity contribution in [3.8, 4) is 11.8 Å². The quantitative estimate of drug-likeness (QED) is 0.842. The minimum absolute atomic E-state index is 0.0941. The minimum atomic E-state index is -0.184. The zero-order valence-corrected chi connectivity index (χ0v) is 12.2. The van der Waals surface area contributed by atoms with E-state index in [2.05, 4.69) is 11.8 Å². The van der Waals surface area contributed by atoms with Crippen LogP contribution in [0.15, 0.2) is 24.3 Å². The summed E-state index contributed by atoms with van der Waals surface area (Å²) in [6.07, 6.45) is 5.00. The molecule has 2 aliphatic rings. The molecular formula is C18H21NO2. The highest BCUT2D eigenvalue weighted by Gasteiger charge is 2.32. The van der Waals surface area contributed by atoms with Gasteiger partial charge in [-0.15, -0.1) is 0 Å². The summed E-state index contributed by atoms with van der Waals surface area (Å²) in [6.45, 7) is 1.59. The van der Waals surface area contributed by atoms with Gasteiger partial charge in [0, 0.05) is 18.7 Å². The predicted octanol–water partition coefficient (Wildman–Crippen LogP) is 2.29. The van der Waals surface area contributed by atoms with E-state index < -0.39 is 0 Å². The highest BCUT2D eigenvalue weighted by molar-refractivity contribution is 5.96. The number of amides is 1. The molecular weight excluding hydrogens is 262 g/mol. The highest BCUT2D eigenvalue weighted by Crippen LogP contribution is 2.34. The average molecular weight is 283 g/mol. The molecule has 21 heavy (non-hydrogen) atoms. The molecule has 0 unspecified atom stereocenters. The molecule has 3 rings (SSSR count). The Morgan fingerprint density at radius 2 is 1.76 bits per heavy atom. The van der Waals surface area contributed by atoms with Crippen LogP contribution in [0.2, 0.25) is 0 Å². The molecule has 0 aromatic heterocycles. The van der Waals surface area contributed by atoms with Crippen molar-refractivity contribution >= 4 is 5.91 Å². The third-order valence-electron chi connectivity index (χ3n) is 4.10. The number of hydrogen-bond donors (Lipinski definition) is 1. The third-order valence-corrected chi connectivity index (χ3v) is 4.10. The molecule has 0 atom stereocenters. The molecule has 0 heterocycles. The van der Waals surface area contributed by atoms with Crippen molar-refractivity contribution in [2.45, 2.75) is 25.7 Å². The molecule has 3 nitrogen and oxygen atoms in total. The molecule has 1 amide bonds. The van der Waals surface area contributed by atoms with Gasteiger partial charge < -0.3 is 10.0 Å². The second-order valence-electron chi connectivity index (χ2n) is 6.10. The van der Waals surface area contributed by atoms with Crippen molar-refractivity contribution in [3.63, 3.8) is 0 Å². The Morgan fingerprint density at radius 3 is 2.33 bits per heavy atom. The molecule has 1 N–H and O–H groups in total. The van der Waals surface area contributed by atoms with E-state index in [9.17, 15) is 4.79 Å².